The number of nitrogens with zero attached hydrogens (tertiary/aromatic N) is 1. The van der Waals surface area contributed by atoms with Gasteiger partial charge >= 0.3 is 0 Å². The summed E-state index contributed by atoms with van der Waals surface area (Å²) in [5, 5.41) is 0. The molecule has 0 saturated carbocycles. The van der Waals surface area contributed by atoms with Crippen LogP contribution in [0.3, 0.4) is 0 Å². The molecular formula is C22H40NO+. The van der Waals surface area contributed by atoms with Gasteiger partial charge in [-0.25, -0.2) is 0 Å². The lowest BCUT2D eigenvalue weighted by Gasteiger charge is -2.29. The lowest BCUT2D eigenvalue weighted by Crippen LogP contribution is -2.42. The minimum absolute atomic E-state index is 0.723. The highest BCUT2D eigenvalue weighted by atomic mass is 16.5. The van der Waals surface area contributed by atoms with Gasteiger partial charge < -0.3 is 9.22 Å². The Kier molecular flexibility index (Phi) is 11.9. The Hall–Kier alpha value is -0.860. The van der Waals surface area contributed by atoms with E-state index in [1.54, 1.807) is 0 Å². The second-order valence-corrected chi connectivity index (χ2v) is 7.80. The molecular weight excluding hydrogens is 294 g/mol. The minimum atomic E-state index is 0.723. The topological polar surface area (TPSA) is 9.23 Å². The van der Waals surface area contributed by atoms with Gasteiger partial charge in [-0.3, -0.25) is 0 Å². The van der Waals surface area contributed by atoms with E-state index in [2.05, 4.69) is 51.4 Å². The Morgan fingerprint density at radius 2 is 1.29 bits per heavy atom. The van der Waals surface area contributed by atoms with Crippen molar-refractivity contribution in [1.29, 1.82) is 0 Å². The molecule has 0 saturated heterocycles. The van der Waals surface area contributed by atoms with E-state index in [0.717, 1.165) is 17.8 Å². The third-order valence-electron chi connectivity index (χ3n) is 4.67. The first-order valence-electron chi connectivity index (χ1n) is 10.1. The summed E-state index contributed by atoms with van der Waals surface area (Å²) in [7, 11) is 4.55. The van der Waals surface area contributed by atoms with Crippen molar-refractivity contribution in [1.82, 2.24) is 0 Å². The van der Waals surface area contributed by atoms with Crippen LogP contribution in [0.4, 0.5) is 0 Å². The highest BCUT2D eigenvalue weighted by Crippen LogP contribution is 2.12. The first kappa shape index (κ1) is 21.2. The average molecular weight is 335 g/mol. The van der Waals surface area contributed by atoms with E-state index in [-0.39, 0.29) is 0 Å². The van der Waals surface area contributed by atoms with Crippen molar-refractivity contribution >= 4 is 0 Å². The highest BCUT2D eigenvalue weighted by molar-refractivity contribution is 5.13. The number of ether oxygens (including phenoxy) is 1. The summed E-state index contributed by atoms with van der Waals surface area (Å²) < 4.78 is 6.86. The summed E-state index contributed by atoms with van der Waals surface area (Å²) in [5.74, 6) is 0. The highest BCUT2D eigenvalue weighted by Gasteiger charge is 2.14. The van der Waals surface area contributed by atoms with E-state index >= 15 is 0 Å². The average Bonchev–Trinajstić information content (AvgIpc) is 2.57. The van der Waals surface area contributed by atoms with Crippen LogP contribution in [0.15, 0.2) is 30.3 Å². The second kappa shape index (κ2) is 13.4. The van der Waals surface area contributed by atoms with E-state index in [9.17, 15) is 0 Å². The second-order valence-electron chi connectivity index (χ2n) is 7.80. The molecule has 0 aromatic heterocycles. The molecule has 0 radical (unpaired) electrons. The number of benzene rings is 1. The van der Waals surface area contributed by atoms with Crippen molar-refractivity contribution in [3.8, 4) is 0 Å². The molecule has 0 aliphatic carbocycles. The molecule has 0 N–H and O–H groups in total. The Morgan fingerprint density at radius 3 is 1.88 bits per heavy atom. The summed E-state index contributed by atoms with van der Waals surface area (Å²) in [6.45, 7) is 5.02. The quantitative estimate of drug-likeness (QED) is 0.212. The standard InChI is InChI=1S/C22H40NO/c1-4-5-6-7-8-9-10-11-12-16-19-23(2,3)21-24-20-22-17-14-13-15-18-22/h13-15,17-18H,4-12,16,19-21H2,1-3H3/q+1. The molecule has 0 bridgehead atoms. The van der Waals surface area contributed by atoms with Crippen LogP contribution in [0.5, 0.6) is 0 Å². The maximum Gasteiger partial charge on any atom is 0.183 e. The molecule has 1 aromatic rings. The molecule has 0 unspecified atom stereocenters. The molecule has 2 heteroatoms. The smallest absolute Gasteiger partial charge is 0.183 e. The third kappa shape index (κ3) is 11.6. The van der Waals surface area contributed by atoms with Gasteiger partial charge in [0.15, 0.2) is 6.73 Å². The molecule has 1 aromatic carbocycles. The molecule has 0 amide bonds. The van der Waals surface area contributed by atoms with Gasteiger partial charge in [0.25, 0.3) is 0 Å². The summed E-state index contributed by atoms with van der Waals surface area (Å²) >= 11 is 0. The third-order valence-corrected chi connectivity index (χ3v) is 4.67. The predicted octanol–water partition coefficient (Wildman–Crippen LogP) is 6.16. The molecule has 1 rings (SSSR count). The van der Waals surface area contributed by atoms with Gasteiger partial charge in [-0.05, 0) is 18.4 Å². The van der Waals surface area contributed by atoms with Crippen LogP contribution < -0.4 is 0 Å². The Morgan fingerprint density at radius 1 is 0.750 bits per heavy atom. The Balaban J connectivity index is 1.95. The zero-order chi connectivity index (χ0) is 17.5. The fraction of sp³-hybridized carbons (Fsp3) is 0.727. The number of hydrogen-bond donors (Lipinski definition) is 0. The molecule has 2 nitrogen and oxygen atoms in total. The first-order valence-corrected chi connectivity index (χ1v) is 10.1. The molecule has 0 spiro atoms. The van der Waals surface area contributed by atoms with E-state index in [1.807, 2.05) is 0 Å². The summed E-state index contributed by atoms with van der Waals surface area (Å²) in [5.41, 5.74) is 1.26. The molecule has 0 aliphatic heterocycles. The summed E-state index contributed by atoms with van der Waals surface area (Å²) in [6, 6.07) is 10.4. The number of rotatable bonds is 15. The molecule has 138 valence electrons. The van der Waals surface area contributed by atoms with Gasteiger partial charge in [-0.1, -0.05) is 88.6 Å². The largest absolute Gasteiger partial charge is 0.327 e. The zero-order valence-electron chi connectivity index (χ0n) is 16.4. The normalized spacial score (nSPS) is 11.8. The van der Waals surface area contributed by atoms with Crippen molar-refractivity contribution in [3.05, 3.63) is 35.9 Å². The number of hydrogen-bond acceptors (Lipinski definition) is 1. The first-order chi connectivity index (χ1) is 11.6. The van der Waals surface area contributed by atoms with Crippen molar-refractivity contribution in [2.45, 2.75) is 77.7 Å². The van der Waals surface area contributed by atoms with Crippen LogP contribution in [0.25, 0.3) is 0 Å². The van der Waals surface area contributed by atoms with Gasteiger partial charge in [0.2, 0.25) is 0 Å². The minimum Gasteiger partial charge on any atom is -0.327 e. The molecule has 0 fully saturated rings. The van der Waals surface area contributed by atoms with Crippen LogP contribution in [0.1, 0.15) is 76.7 Å². The van der Waals surface area contributed by atoms with Crippen molar-refractivity contribution in [2.24, 2.45) is 0 Å². The molecule has 0 heterocycles. The van der Waals surface area contributed by atoms with Crippen LogP contribution in [-0.2, 0) is 11.3 Å². The van der Waals surface area contributed by atoms with Gasteiger partial charge in [0.05, 0.1) is 27.2 Å². The van der Waals surface area contributed by atoms with Crippen molar-refractivity contribution in [3.63, 3.8) is 0 Å². The van der Waals surface area contributed by atoms with Gasteiger partial charge in [0.1, 0.15) is 0 Å². The van der Waals surface area contributed by atoms with Crippen molar-refractivity contribution in [2.75, 3.05) is 27.4 Å². The Labute approximate surface area is 150 Å². The Bertz CT molecular complexity index is 388. The van der Waals surface area contributed by atoms with Crippen LogP contribution in [-0.4, -0.2) is 31.9 Å². The fourth-order valence-corrected chi connectivity index (χ4v) is 3.08. The van der Waals surface area contributed by atoms with E-state index in [0.29, 0.717) is 0 Å². The number of quaternary nitrogens is 1. The molecule has 24 heavy (non-hydrogen) atoms. The van der Waals surface area contributed by atoms with Gasteiger partial charge in [-0.2, -0.15) is 0 Å². The van der Waals surface area contributed by atoms with E-state index in [1.165, 1.54) is 76.3 Å². The van der Waals surface area contributed by atoms with Crippen LogP contribution in [0, 0.1) is 0 Å². The van der Waals surface area contributed by atoms with E-state index in [4.69, 9.17) is 4.74 Å². The maximum absolute atomic E-state index is 5.90. The van der Waals surface area contributed by atoms with Crippen LogP contribution >= 0.6 is 0 Å². The van der Waals surface area contributed by atoms with Gasteiger partial charge in [-0.15, -0.1) is 0 Å². The summed E-state index contributed by atoms with van der Waals surface area (Å²) in [4.78, 5) is 0. The van der Waals surface area contributed by atoms with Crippen molar-refractivity contribution < 1.29 is 9.22 Å². The van der Waals surface area contributed by atoms with Crippen LogP contribution in [0.2, 0.25) is 0 Å². The number of unbranched alkanes of at least 4 members (excludes halogenated alkanes) is 9. The molecule has 0 aliphatic rings. The zero-order valence-corrected chi connectivity index (χ0v) is 16.4. The van der Waals surface area contributed by atoms with E-state index < -0.39 is 0 Å². The fourth-order valence-electron chi connectivity index (χ4n) is 3.08. The SMILES string of the molecule is CCCCCCCCCCCC[N+](C)(C)COCc1ccccc1. The maximum atomic E-state index is 5.90. The molecule has 0 atom stereocenters. The monoisotopic (exact) mass is 334 g/mol. The summed E-state index contributed by atoms with van der Waals surface area (Å²) in [6.07, 6.45) is 14.0. The predicted molar refractivity (Wildman–Crippen MR) is 105 cm³/mol. The van der Waals surface area contributed by atoms with Gasteiger partial charge in [0, 0.05) is 0 Å². The lowest BCUT2D eigenvalue weighted by molar-refractivity contribution is -0.910. The lowest BCUT2D eigenvalue weighted by atomic mass is 10.1.